The molecule has 1 heterocycles. The van der Waals surface area contributed by atoms with Gasteiger partial charge in [-0.2, -0.15) is 0 Å². The van der Waals surface area contributed by atoms with Crippen LogP contribution in [0.5, 0.6) is 0 Å². The van der Waals surface area contributed by atoms with Gasteiger partial charge < -0.3 is 5.73 Å². The number of aromatic nitrogens is 1. The predicted octanol–water partition coefficient (Wildman–Crippen LogP) is 2.85. The second-order valence-electron chi connectivity index (χ2n) is 2.31. The number of hydrogen-bond donors (Lipinski definition) is 1. The van der Waals surface area contributed by atoms with Gasteiger partial charge in [-0.25, -0.2) is 4.39 Å². The highest BCUT2D eigenvalue weighted by molar-refractivity contribution is 9.10. The summed E-state index contributed by atoms with van der Waals surface area (Å²) in [5.74, 6) is -0.366. The summed E-state index contributed by atoms with van der Waals surface area (Å²) < 4.78 is 13.6. The predicted molar refractivity (Wildman–Crippen MR) is 59.0 cm³/mol. The molecule has 2 N–H and O–H groups in total. The molecule has 1 atom stereocenters. The average Bonchev–Trinajstić information content (AvgIpc) is 1.85. The van der Waals surface area contributed by atoms with Crippen molar-refractivity contribution in [3.63, 3.8) is 0 Å². The highest BCUT2D eigenvalue weighted by atomic mass is 79.9. The minimum atomic E-state index is -0.366. The fraction of sp³-hybridized carbons (Fsp3) is 0.286. The van der Waals surface area contributed by atoms with Crippen LogP contribution in [0.25, 0.3) is 0 Å². The first kappa shape index (κ1) is 15.6. The van der Waals surface area contributed by atoms with E-state index in [4.69, 9.17) is 5.73 Å². The van der Waals surface area contributed by atoms with Crippen molar-refractivity contribution in [2.75, 3.05) is 0 Å². The van der Waals surface area contributed by atoms with Crippen LogP contribution in [0.2, 0.25) is 0 Å². The zero-order valence-electron chi connectivity index (χ0n) is 6.83. The topological polar surface area (TPSA) is 38.9 Å². The van der Waals surface area contributed by atoms with Gasteiger partial charge in [0.2, 0.25) is 0 Å². The maximum Gasteiger partial charge on any atom is 0.147 e. The molecule has 0 radical (unpaired) electrons. The highest BCUT2D eigenvalue weighted by Gasteiger charge is 2.07. The number of nitrogens with zero attached hydrogens (tertiary/aromatic N) is 1. The van der Waals surface area contributed by atoms with Gasteiger partial charge in [-0.05, 0) is 28.9 Å². The minimum absolute atomic E-state index is 0. The van der Waals surface area contributed by atoms with Crippen LogP contribution < -0.4 is 5.73 Å². The third kappa shape index (κ3) is 4.22. The summed E-state index contributed by atoms with van der Waals surface area (Å²) in [6, 6.07) is 0.995. The number of hydrogen-bond acceptors (Lipinski definition) is 2. The van der Waals surface area contributed by atoms with Gasteiger partial charge in [-0.3, -0.25) is 4.98 Å². The Morgan fingerprint density at radius 2 is 2.08 bits per heavy atom. The van der Waals surface area contributed by atoms with E-state index in [0.29, 0.717) is 10.2 Å². The largest absolute Gasteiger partial charge is 0.323 e. The van der Waals surface area contributed by atoms with E-state index in [0.717, 1.165) is 0 Å². The molecule has 76 valence electrons. The fourth-order valence-electron chi connectivity index (χ4n) is 0.760. The molecule has 0 aliphatic carbocycles. The maximum absolute atomic E-state index is 12.9. The molecule has 0 saturated carbocycles. The molecular formula is C7H10BrCl2FN2. The Labute approximate surface area is 97.1 Å². The molecule has 0 amide bonds. The first-order chi connectivity index (χ1) is 5.11. The van der Waals surface area contributed by atoms with E-state index < -0.39 is 0 Å². The molecule has 2 nitrogen and oxygen atoms in total. The second kappa shape index (κ2) is 6.54. The molecule has 0 aliphatic rings. The van der Waals surface area contributed by atoms with Gasteiger partial charge in [-0.15, -0.1) is 24.8 Å². The third-order valence-electron chi connectivity index (χ3n) is 1.27. The fourth-order valence-corrected chi connectivity index (χ4v) is 1.06. The SMILES string of the molecule is C[C@H](N)c1ncc(Br)cc1F.Cl.Cl. The van der Waals surface area contributed by atoms with Crippen molar-refractivity contribution in [3.05, 3.63) is 28.2 Å². The van der Waals surface area contributed by atoms with E-state index in [-0.39, 0.29) is 36.7 Å². The van der Waals surface area contributed by atoms with Gasteiger partial charge in [0.15, 0.2) is 0 Å². The molecule has 0 bridgehead atoms. The lowest BCUT2D eigenvalue weighted by atomic mass is 10.2. The molecule has 0 aliphatic heterocycles. The number of nitrogens with two attached hydrogens (primary N) is 1. The monoisotopic (exact) mass is 290 g/mol. The maximum atomic E-state index is 12.9. The van der Waals surface area contributed by atoms with Crippen LogP contribution in [0, 0.1) is 5.82 Å². The second-order valence-corrected chi connectivity index (χ2v) is 3.22. The molecule has 1 aromatic heterocycles. The Morgan fingerprint density at radius 1 is 1.54 bits per heavy atom. The number of halogens is 4. The van der Waals surface area contributed by atoms with E-state index in [1.54, 1.807) is 6.92 Å². The summed E-state index contributed by atoms with van der Waals surface area (Å²) in [6.45, 7) is 1.69. The quantitative estimate of drug-likeness (QED) is 0.864. The van der Waals surface area contributed by atoms with Crippen LogP contribution in [0.15, 0.2) is 16.7 Å². The highest BCUT2D eigenvalue weighted by Crippen LogP contribution is 2.15. The molecule has 0 unspecified atom stereocenters. The van der Waals surface area contributed by atoms with Crippen molar-refractivity contribution >= 4 is 40.7 Å². The molecule has 1 rings (SSSR count). The van der Waals surface area contributed by atoms with Gasteiger partial charge in [0, 0.05) is 16.7 Å². The number of rotatable bonds is 1. The van der Waals surface area contributed by atoms with E-state index in [9.17, 15) is 4.39 Å². The van der Waals surface area contributed by atoms with Crippen molar-refractivity contribution in [1.82, 2.24) is 4.98 Å². The van der Waals surface area contributed by atoms with Crippen LogP contribution in [-0.4, -0.2) is 4.98 Å². The van der Waals surface area contributed by atoms with Gasteiger partial charge in [-0.1, -0.05) is 0 Å². The van der Waals surface area contributed by atoms with Crippen molar-refractivity contribution in [3.8, 4) is 0 Å². The lowest BCUT2D eigenvalue weighted by molar-refractivity contribution is 0.578. The molecular weight excluding hydrogens is 282 g/mol. The smallest absolute Gasteiger partial charge is 0.147 e. The molecule has 6 heteroatoms. The average molecular weight is 292 g/mol. The van der Waals surface area contributed by atoms with Crippen molar-refractivity contribution in [2.24, 2.45) is 5.73 Å². The molecule has 0 spiro atoms. The molecule has 0 aromatic carbocycles. The molecule has 1 aromatic rings. The van der Waals surface area contributed by atoms with Crippen molar-refractivity contribution in [1.29, 1.82) is 0 Å². The Bertz CT molecular complexity index is 271. The first-order valence-corrected chi connectivity index (χ1v) is 3.97. The summed E-state index contributed by atoms with van der Waals surface area (Å²) in [6.07, 6.45) is 1.53. The van der Waals surface area contributed by atoms with E-state index in [2.05, 4.69) is 20.9 Å². The Kier molecular flexibility index (Phi) is 7.83. The van der Waals surface area contributed by atoms with Crippen LogP contribution in [0.3, 0.4) is 0 Å². The zero-order valence-corrected chi connectivity index (χ0v) is 10.0. The zero-order chi connectivity index (χ0) is 8.43. The summed E-state index contributed by atoms with van der Waals surface area (Å²) in [4.78, 5) is 3.83. The number of pyridine rings is 1. The Hall–Kier alpha value is 0.1000. The molecule has 0 saturated heterocycles. The standard InChI is InChI=1S/C7H8BrFN2.2ClH/c1-4(10)7-6(9)2-5(8)3-11-7;;/h2-4H,10H2,1H3;2*1H/t4-;;/m0../s1. The van der Waals surface area contributed by atoms with Crippen LogP contribution >= 0.6 is 40.7 Å². The van der Waals surface area contributed by atoms with E-state index in [1.807, 2.05) is 0 Å². The van der Waals surface area contributed by atoms with Gasteiger partial charge >= 0.3 is 0 Å². The minimum Gasteiger partial charge on any atom is -0.323 e. The van der Waals surface area contributed by atoms with Crippen molar-refractivity contribution in [2.45, 2.75) is 13.0 Å². The van der Waals surface area contributed by atoms with Gasteiger partial charge in [0.1, 0.15) is 5.82 Å². The third-order valence-corrected chi connectivity index (χ3v) is 1.70. The van der Waals surface area contributed by atoms with E-state index >= 15 is 0 Å². The van der Waals surface area contributed by atoms with Crippen LogP contribution in [-0.2, 0) is 0 Å². The summed E-state index contributed by atoms with van der Waals surface area (Å²) in [7, 11) is 0. The summed E-state index contributed by atoms with van der Waals surface area (Å²) in [5, 5.41) is 0. The summed E-state index contributed by atoms with van der Waals surface area (Å²) in [5.41, 5.74) is 5.75. The normalized spacial score (nSPS) is 11.1. The van der Waals surface area contributed by atoms with Crippen LogP contribution in [0.1, 0.15) is 18.7 Å². The lowest BCUT2D eigenvalue weighted by Gasteiger charge is -2.04. The first-order valence-electron chi connectivity index (χ1n) is 3.18. The Morgan fingerprint density at radius 3 is 2.46 bits per heavy atom. The van der Waals surface area contributed by atoms with Crippen LogP contribution in [0.4, 0.5) is 4.39 Å². The van der Waals surface area contributed by atoms with E-state index in [1.165, 1.54) is 12.3 Å². The van der Waals surface area contributed by atoms with Gasteiger partial charge in [0.25, 0.3) is 0 Å². The Balaban J connectivity index is 0. The molecule has 0 fully saturated rings. The molecule has 13 heavy (non-hydrogen) atoms. The van der Waals surface area contributed by atoms with Crippen molar-refractivity contribution < 1.29 is 4.39 Å². The lowest BCUT2D eigenvalue weighted by Crippen LogP contribution is -2.09. The summed E-state index contributed by atoms with van der Waals surface area (Å²) >= 11 is 3.10. The van der Waals surface area contributed by atoms with Gasteiger partial charge in [0.05, 0.1) is 5.69 Å².